The maximum atomic E-state index is 6.23. The molecule has 5 rings (SSSR count). The van der Waals surface area contributed by atoms with Crippen LogP contribution in [0.2, 0.25) is 0 Å². The van der Waals surface area contributed by atoms with Gasteiger partial charge in [0, 0.05) is 24.3 Å². The molecule has 2 N–H and O–H groups in total. The zero-order chi connectivity index (χ0) is 19.8. The number of anilines is 1. The molecule has 5 aromatic rings. The number of para-hydroxylation sites is 1. The topological polar surface area (TPSA) is 74.5 Å². The fourth-order valence-electron chi connectivity index (χ4n) is 3.66. The highest BCUT2D eigenvalue weighted by atomic mass is 32.2. The number of thioether (sulfide) groups is 1. The van der Waals surface area contributed by atoms with Crippen LogP contribution in [0.1, 0.15) is 11.1 Å². The Labute approximate surface area is 172 Å². The van der Waals surface area contributed by atoms with E-state index in [0.717, 1.165) is 40.2 Å². The Morgan fingerprint density at radius 1 is 0.966 bits per heavy atom. The van der Waals surface area contributed by atoms with Crippen LogP contribution >= 0.6 is 11.8 Å². The molecule has 0 aliphatic carbocycles. The van der Waals surface area contributed by atoms with Crippen LogP contribution in [0, 0.1) is 0 Å². The van der Waals surface area contributed by atoms with Gasteiger partial charge in [-0.15, -0.1) is 0 Å². The van der Waals surface area contributed by atoms with Crippen molar-refractivity contribution in [1.82, 2.24) is 24.1 Å². The average Bonchev–Trinajstić information content (AvgIpc) is 3.38. The second kappa shape index (κ2) is 7.25. The van der Waals surface area contributed by atoms with Gasteiger partial charge in [-0.25, -0.2) is 15.0 Å². The molecule has 3 aromatic heterocycles. The quantitative estimate of drug-likeness (QED) is 0.448. The van der Waals surface area contributed by atoms with Gasteiger partial charge in [-0.1, -0.05) is 54.2 Å². The van der Waals surface area contributed by atoms with Crippen molar-refractivity contribution in [2.45, 2.75) is 18.2 Å². The van der Waals surface area contributed by atoms with Crippen molar-refractivity contribution < 1.29 is 0 Å². The third-order valence-electron chi connectivity index (χ3n) is 5.05. The number of aromatic nitrogens is 5. The Morgan fingerprint density at radius 3 is 2.45 bits per heavy atom. The molecule has 0 radical (unpaired) electrons. The van der Waals surface area contributed by atoms with Crippen molar-refractivity contribution >= 4 is 39.5 Å². The summed E-state index contributed by atoms with van der Waals surface area (Å²) in [7, 11) is 0. The molecule has 144 valence electrons. The first kappa shape index (κ1) is 17.8. The monoisotopic (exact) mass is 400 g/mol. The zero-order valence-electron chi connectivity index (χ0n) is 16.0. The van der Waals surface area contributed by atoms with Gasteiger partial charge in [0.15, 0.2) is 11.0 Å². The minimum atomic E-state index is 0.475. The maximum Gasteiger partial charge on any atom is 0.169 e. The summed E-state index contributed by atoms with van der Waals surface area (Å²) in [4.78, 5) is 13.4. The normalized spacial score (nSPS) is 11.5. The Kier molecular flexibility index (Phi) is 4.44. The maximum absolute atomic E-state index is 6.23. The van der Waals surface area contributed by atoms with E-state index in [0.29, 0.717) is 5.82 Å². The van der Waals surface area contributed by atoms with Crippen LogP contribution in [0.4, 0.5) is 5.82 Å². The summed E-state index contributed by atoms with van der Waals surface area (Å²) in [5.41, 5.74) is 11.4. The number of nitrogen functional groups attached to an aromatic ring is 1. The van der Waals surface area contributed by atoms with Gasteiger partial charge < -0.3 is 14.9 Å². The third kappa shape index (κ3) is 3.23. The third-order valence-corrected chi connectivity index (χ3v) is 5.72. The van der Waals surface area contributed by atoms with Gasteiger partial charge in [0.25, 0.3) is 0 Å². The lowest BCUT2D eigenvalue weighted by Crippen LogP contribution is -2.03. The number of fused-ring (bicyclic) bond motifs is 3. The molecule has 29 heavy (non-hydrogen) atoms. The van der Waals surface area contributed by atoms with E-state index >= 15 is 0 Å². The van der Waals surface area contributed by atoms with Crippen molar-refractivity contribution in [3.8, 4) is 0 Å². The van der Waals surface area contributed by atoms with Crippen molar-refractivity contribution in [3.63, 3.8) is 0 Å². The van der Waals surface area contributed by atoms with Crippen molar-refractivity contribution in [2.24, 2.45) is 0 Å². The standard InChI is InChI=1S/C22H20N6S/c1-29-22-26-19-20(17-4-2-3-5-18(17)25-21(19)23)28(22)13-16-8-6-15(7-9-16)12-27-11-10-24-14-27/h2-11,14H,12-13H2,1H3,(H2,23,25). The highest BCUT2D eigenvalue weighted by Gasteiger charge is 2.17. The number of hydrogen-bond acceptors (Lipinski definition) is 5. The van der Waals surface area contributed by atoms with Crippen molar-refractivity contribution in [3.05, 3.63) is 78.4 Å². The van der Waals surface area contributed by atoms with Crippen LogP contribution in [0.25, 0.3) is 21.9 Å². The molecule has 3 heterocycles. The summed E-state index contributed by atoms with van der Waals surface area (Å²) in [5, 5.41) is 2.01. The fraction of sp³-hybridized carbons (Fsp3) is 0.136. The van der Waals surface area contributed by atoms with Crippen LogP contribution in [0.3, 0.4) is 0 Å². The first-order chi connectivity index (χ1) is 14.2. The fourth-order valence-corrected chi connectivity index (χ4v) is 4.22. The molecule has 2 aromatic carbocycles. The molecule has 0 aliphatic rings. The van der Waals surface area contributed by atoms with Crippen LogP contribution in [0.15, 0.2) is 72.4 Å². The summed E-state index contributed by atoms with van der Waals surface area (Å²) in [6.45, 7) is 1.54. The van der Waals surface area contributed by atoms with E-state index in [9.17, 15) is 0 Å². The summed E-state index contributed by atoms with van der Waals surface area (Å²) in [5.74, 6) is 0.475. The highest BCUT2D eigenvalue weighted by molar-refractivity contribution is 7.98. The Hall–Kier alpha value is -3.32. The second-order valence-corrected chi connectivity index (χ2v) is 7.72. The van der Waals surface area contributed by atoms with E-state index < -0.39 is 0 Å². The van der Waals surface area contributed by atoms with Gasteiger partial charge in [0.2, 0.25) is 0 Å². The highest BCUT2D eigenvalue weighted by Crippen LogP contribution is 2.32. The first-order valence-corrected chi connectivity index (χ1v) is 10.6. The lowest BCUT2D eigenvalue weighted by atomic mass is 10.1. The molecule has 0 unspecified atom stereocenters. The van der Waals surface area contributed by atoms with Crippen molar-refractivity contribution in [1.29, 1.82) is 0 Å². The molecule has 0 aliphatic heterocycles. The van der Waals surface area contributed by atoms with Crippen LogP contribution in [0.5, 0.6) is 0 Å². The molecular weight excluding hydrogens is 380 g/mol. The molecule has 6 nitrogen and oxygen atoms in total. The lowest BCUT2D eigenvalue weighted by Gasteiger charge is -2.11. The number of pyridine rings is 1. The number of nitrogens with two attached hydrogens (primary N) is 1. The van der Waals surface area contributed by atoms with E-state index in [1.165, 1.54) is 11.1 Å². The van der Waals surface area contributed by atoms with Crippen molar-refractivity contribution in [2.75, 3.05) is 12.0 Å². The summed E-state index contributed by atoms with van der Waals surface area (Å²) < 4.78 is 4.30. The molecule has 0 saturated heterocycles. The van der Waals surface area contributed by atoms with Gasteiger partial charge >= 0.3 is 0 Å². The van der Waals surface area contributed by atoms with Crippen LogP contribution < -0.4 is 5.73 Å². The molecule has 7 heteroatoms. The molecule has 0 amide bonds. The number of rotatable bonds is 5. The van der Waals surface area contributed by atoms with Crippen LogP contribution in [-0.2, 0) is 13.1 Å². The number of imidazole rings is 2. The summed E-state index contributed by atoms with van der Waals surface area (Å²) in [6.07, 6.45) is 7.64. The SMILES string of the molecule is CSc1nc2c(N)nc3ccccc3c2n1Cc1ccc(Cn2ccnc2)cc1. The van der Waals surface area contributed by atoms with Gasteiger partial charge in [0.05, 0.1) is 23.9 Å². The van der Waals surface area contributed by atoms with E-state index in [2.05, 4.69) is 49.4 Å². The van der Waals surface area contributed by atoms with E-state index in [1.807, 2.05) is 37.0 Å². The minimum absolute atomic E-state index is 0.475. The van der Waals surface area contributed by atoms with Gasteiger partial charge in [-0.05, 0) is 23.4 Å². The van der Waals surface area contributed by atoms with Crippen LogP contribution in [-0.4, -0.2) is 30.3 Å². The van der Waals surface area contributed by atoms with Gasteiger partial charge in [-0.2, -0.15) is 0 Å². The lowest BCUT2D eigenvalue weighted by molar-refractivity contribution is 0.732. The number of hydrogen-bond donors (Lipinski definition) is 1. The van der Waals surface area contributed by atoms with E-state index in [1.54, 1.807) is 18.0 Å². The summed E-state index contributed by atoms with van der Waals surface area (Å²) in [6, 6.07) is 16.8. The number of nitrogens with zero attached hydrogens (tertiary/aromatic N) is 5. The zero-order valence-corrected chi connectivity index (χ0v) is 16.8. The van der Waals surface area contributed by atoms with E-state index in [-0.39, 0.29) is 0 Å². The first-order valence-electron chi connectivity index (χ1n) is 9.35. The largest absolute Gasteiger partial charge is 0.382 e. The smallest absolute Gasteiger partial charge is 0.169 e. The second-order valence-electron chi connectivity index (χ2n) is 6.95. The van der Waals surface area contributed by atoms with Gasteiger partial charge in [-0.3, -0.25) is 0 Å². The predicted octanol–water partition coefficient (Wildman–Crippen LogP) is 4.18. The molecule has 0 fully saturated rings. The molecule has 0 spiro atoms. The minimum Gasteiger partial charge on any atom is -0.382 e. The molecule has 0 saturated carbocycles. The Morgan fingerprint density at radius 2 is 1.72 bits per heavy atom. The predicted molar refractivity (Wildman–Crippen MR) is 118 cm³/mol. The molecule has 0 atom stereocenters. The average molecular weight is 401 g/mol. The van der Waals surface area contributed by atoms with E-state index in [4.69, 9.17) is 10.7 Å². The van der Waals surface area contributed by atoms with Gasteiger partial charge in [0.1, 0.15) is 5.52 Å². The number of benzene rings is 2. The Bertz CT molecular complexity index is 1290. The molecule has 0 bridgehead atoms. The molecular formula is C22H20N6S. The Balaban J connectivity index is 1.56. The summed E-state index contributed by atoms with van der Waals surface area (Å²) >= 11 is 1.62.